The van der Waals surface area contributed by atoms with Crippen molar-refractivity contribution in [2.24, 2.45) is 5.41 Å². The zero-order chi connectivity index (χ0) is 10.3. The smallest absolute Gasteiger partial charge is 0.319 e. The lowest BCUT2D eigenvalue weighted by atomic mass is 10.1. The molecule has 0 bridgehead atoms. The molecule has 78 valence electrons. The van der Waals surface area contributed by atoms with Gasteiger partial charge in [-0.2, -0.15) is 0 Å². The summed E-state index contributed by atoms with van der Waals surface area (Å²) >= 11 is 0. The van der Waals surface area contributed by atoms with Gasteiger partial charge in [0, 0.05) is 13.1 Å². The summed E-state index contributed by atoms with van der Waals surface area (Å²) in [6.45, 7) is 0.767. The van der Waals surface area contributed by atoms with Gasteiger partial charge in [0.25, 0.3) is 0 Å². The molecule has 1 saturated carbocycles. The van der Waals surface area contributed by atoms with Crippen molar-refractivity contribution in [1.29, 1.82) is 0 Å². The summed E-state index contributed by atoms with van der Waals surface area (Å²) in [7, 11) is 0. The van der Waals surface area contributed by atoms with E-state index < -0.39 is 17.5 Å². The van der Waals surface area contributed by atoms with Gasteiger partial charge in [-0.05, 0) is 19.3 Å². The predicted molar refractivity (Wildman–Crippen MR) is 46.5 cm³/mol. The highest BCUT2D eigenvalue weighted by atomic mass is 16.4. The molecule has 1 aliphatic carbocycles. The second kappa shape index (κ2) is 2.95. The largest absolute Gasteiger partial charge is 0.480 e. The fraction of sp³-hybridized carbons (Fsp3) is 0.778. The Morgan fingerprint density at radius 2 is 2.00 bits per heavy atom. The quantitative estimate of drug-likeness (QED) is 0.585. The monoisotopic (exact) mass is 199 g/mol. The first kappa shape index (κ1) is 9.45. The van der Waals surface area contributed by atoms with Crippen molar-refractivity contribution in [2.45, 2.75) is 25.4 Å². The maximum Gasteiger partial charge on any atom is 0.319 e. The first-order valence-electron chi connectivity index (χ1n) is 4.77. The first-order valence-corrected chi connectivity index (χ1v) is 4.77. The normalized spacial score (nSPS) is 28.9. The van der Waals surface area contributed by atoms with Crippen LogP contribution >= 0.6 is 0 Å². The number of nitrogens with zero attached hydrogens (tertiary/aromatic N) is 1. The van der Waals surface area contributed by atoms with Crippen molar-refractivity contribution < 1.29 is 19.8 Å². The Balaban J connectivity index is 2.06. The van der Waals surface area contributed by atoms with Crippen LogP contribution in [0.1, 0.15) is 19.3 Å². The molecule has 1 saturated heterocycles. The highest BCUT2D eigenvalue weighted by molar-refractivity contribution is 6.04. The number of aliphatic hydroxyl groups is 1. The summed E-state index contributed by atoms with van der Waals surface area (Å²) < 4.78 is 0. The lowest BCUT2D eigenvalue weighted by Crippen LogP contribution is -2.39. The Hall–Kier alpha value is -1.10. The van der Waals surface area contributed by atoms with E-state index in [4.69, 9.17) is 5.11 Å². The van der Waals surface area contributed by atoms with Crippen LogP contribution in [-0.2, 0) is 9.59 Å². The Kier molecular flexibility index (Phi) is 1.99. The van der Waals surface area contributed by atoms with E-state index in [1.54, 1.807) is 0 Å². The fourth-order valence-corrected chi connectivity index (χ4v) is 1.87. The van der Waals surface area contributed by atoms with E-state index in [1.807, 2.05) is 0 Å². The highest BCUT2D eigenvalue weighted by Gasteiger charge is 2.59. The first-order chi connectivity index (χ1) is 6.56. The standard InChI is InChI=1S/C9H13NO4/c11-6-1-4-10(5-6)7(12)9(2-3-9)8(13)14/h6,11H,1-5H2,(H,13,14). The van der Waals surface area contributed by atoms with Crippen LogP contribution in [0.2, 0.25) is 0 Å². The second-order valence-corrected chi connectivity index (χ2v) is 4.08. The van der Waals surface area contributed by atoms with Crippen molar-refractivity contribution in [2.75, 3.05) is 13.1 Å². The third-order valence-corrected chi connectivity index (χ3v) is 3.02. The molecule has 1 heterocycles. The molecule has 14 heavy (non-hydrogen) atoms. The molecule has 5 nitrogen and oxygen atoms in total. The van der Waals surface area contributed by atoms with Crippen LogP contribution in [-0.4, -0.2) is 46.2 Å². The minimum Gasteiger partial charge on any atom is -0.480 e. The van der Waals surface area contributed by atoms with Crippen LogP contribution in [0, 0.1) is 5.41 Å². The van der Waals surface area contributed by atoms with Crippen molar-refractivity contribution in [3.05, 3.63) is 0 Å². The summed E-state index contributed by atoms with van der Waals surface area (Å²) in [4.78, 5) is 24.1. The van der Waals surface area contributed by atoms with E-state index in [2.05, 4.69) is 0 Å². The number of aliphatic carboxylic acids is 1. The second-order valence-electron chi connectivity index (χ2n) is 4.08. The van der Waals surface area contributed by atoms with E-state index in [-0.39, 0.29) is 12.5 Å². The number of β-amino-alcohol motifs (C(OH)–C–C–N with tert-alkyl or cyclic N) is 1. The van der Waals surface area contributed by atoms with E-state index >= 15 is 0 Å². The summed E-state index contributed by atoms with van der Waals surface area (Å²) in [5, 5.41) is 18.1. The molecular weight excluding hydrogens is 186 g/mol. The van der Waals surface area contributed by atoms with Gasteiger partial charge in [0.2, 0.25) is 5.91 Å². The van der Waals surface area contributed by atoms with Crippen LogP contribution in [0.3, 0.4) is 0 Å². The predicted octanol–water partition coefficient (Wildman–Crippen LogP) is -0.556. The SMILES string of the molecule is O=C(O)C1(C(=O)N2CCC(O)C2)CC1. The number of carbonyl (C=O) groups is 2. The molecule has 0 aromatic rings. The number of carboxylic acid groups (broad SMARTS) is 1. The van der Waals surface area contributed by atoms with E-state index in [1.165, 1.54) is 4.90 Å². The number of hydrogen-bond acceptors (Lipinski definition) is 3. The number of hydrogen-bond donors (Lipinski definition) is 2. The highest BCUT2D eigenvalue weighted by Crippen LogP contribution is 2.47. The minimum absolute atomic E-state index is 0.286. The lowest BCUT2D eigenvalue weighted by molar-refractivity contribution is -0.153. The van der Waals surface area contributed by atoms with Crippen molar-refractivity contribution in [3.63, 3.8) is 0 Å². The van der Waals surface area contributed by atoms with Crippen molar-refractivity contribution in [1.82, 2.24) is 4.90 Å². The maximum absolute atomic E-state index is 11.8. The zero-order valence-electron chi connectivity index (χ0n) is 7.77. The summed E-state index contributed by atoms with van der Waals surface area (Å²) in [6, 6.07) is 0. The number of amides is 1. The molecule has 5 heteroatoms. The van der Waals surface area contributed by atoms with E-state index in [9.17, 15) is 14.7 Å². The lowest BCUT2D eigenvalue weighted by Gasteiger charge is -2.19. The Morgan fingerprint density at radius 3 is 2.36 bits per heavy atom. The maximum atomic E-state index is 11.8. The molecule has 1 amide bonds. The van der Waals surface area contributed by atoms with Crippen LogP contribution in [0.5, 0.6) is 0 Å². The van der Waals surface area contributed by atoms with Gasteiger partial charge in [-0.3, -0.25) is 9.59 Å². The third-order valence-electron chi connectivity index (χ3n) is 3.02. The zero-order valence-corrected chi connectivity index (χ0v) is 7.77. The molecule has 0 aromatic carbocycles. The molecule has 2 aliphatic rings. The van der Waals surface area contributed by atoms with Gasteiger partial charge < -0.3 is 15.1 Å². The van der Waals surface area contributed by atoms with Gasteiger partial charge >= 0.3 is 5.97 Å². The Morgan fingerprint density at radius 1 is 1.36 bits per heavy atom. The minimum atomic E-state index is -1.15. The molecule has 2 fully saturated rings. The topological polar surface area (TPSA) is 77.8 Å². The third kappa shape index (κ3) is 1.28. The molecule has 0 radical (unpaired) electrons. The van der Waals surface area contributed by atoms with Gasteiger partial charge in [-0.15, -0.1) is 0 Å². The summed E-state index contributed by atoms with van der Waals surface area (Å²) in [5.74, 6) is -1.34. The van der Waals surface area contributed by atoms with E-state index in [0.29, 0.717) is 25.8 Å². The number of carbonyl (C=O) groups excluding carboxylic acids is 1. The Labute approximate surface area is 81.3 Å². The molecule has 0 spiro atoms. The number of rotatable bonds is 2. The van der Waals surface area contributed by atoms with Gasteiger partial charge in [0.1, 0.15) is 5.41 Å². The van der Waals surface area contributed by atoms with E-state index in [0.717, 1.165) is 0 Å². The molecule has 1 unspecified atom stereocenters. The van der Waals surface area contributed by atoms with Crippen molar-refractivity contribution >= 4 is 11.9 Å². The number of likely N-dealkylation sites (tertiary alicyclic amines) is 1. The number of aliphatic hydroxyl groups excluding tert-OH is 1. The number of carboxylic acids is 1. The molecule has 2 rings (SSSR count). The van der Waals surface area contributed by atoms with Gasteiger partial charge in [0.15, 0.2) is 0 Å². The average Bonchev–Trinajstić information content (AvgIpc) is 2.84. The Bertz CT molecular complexity index is 285. The van der Waals surface area contributed by atoms with Crippen LogP contribution in [0.4, 0.5) is 0 Å². The average molecular weight is 199 g/mol. The van der Waals surface area contributed by atoms with Crippen LogP contribution in [0.25, 0.3) is 0 Å². The van der Waals surface area contributed by atoms with Crippen LogP contribution < -0.4 is 0 Å². The molecule has 1 aliphatic heterocycles. The summed E-state index contributed by atoms with van der Waals surface area (Å²) in [6.07, 6.45) is 0.951. The molecular formula is C9H13NO4. The van der Waals surface area contributed by atoms with Crippen molar-refractivity contribution in [3.8, 4) is 0 Å². The van der Waals surface area contributed by atoms with Crippen LogP contribution in [0.15, 0.2) is 0 Å². The molecule has 0 aromatic heterocycles. The van der Waals surface area contributed by atoms with Gasteiger partial charge in [-0.25, -0.2) is 0 Å². The molecule has 2 N–H and O–H groups in total. The summed E-state index contributed by atoms with van der Waals surface area (Å²) in [5.41, 5.74) is -1.15. The van der Waals surface area contributed by atoms with Gasteiger partial charge in [0.05, 0.1) is 6.10 Å². The van der Waals surface area contributed by atoms with Gasteiger partial charge in [-0.1, -0.05) is 0 Å². The fourth-order valence-electron chi connectivity index (χ4n) is 1.87. The molecule has 1 atom stereocenters.